The summed E-state index contributed by atoms with van der Waals surface area (Å²) < 4.78 is 0. The maximum Gasteiger partial charge on any atom is 0.161 e. The molecule has 2 nitrogen and oxygen atoms in total. The van der Waals surface area contributed by atoms with E-state index in [0.29, 0.717) is 0 Å². The molecule has 0 spiro atoms. The number of allylic oxidation sites excluding steroid dienone is 2. The lowest BCUT2D eigenvalue weighted by Crippen LogP contribution is -2.15. The predicted octanol–water partition coefficient (Wildman–Crippen LogP) is 0.961. The summed E-state index contributed by atoms with van der Waals surface area (Å²) in [6.45, 7) is 2.48. The quantitative estimate of drug-likeness (QED) is 0.536. The minimum atomic E-state index is 0.128. The Hall–Kier alpha value is -1.05. The molecule has 1 aliphatic heterocycles. The first-order valence-corrected chi connectivity index (χ1v) is 3.29. The molecule has 0 radical (unpaired) electrons. The highest BCUT2D eigenvalue weighted by Crippen LogP contribution is 2.05. The Kier molecular flexibility index (Phi) is 1.90. The van der Waals surface area contributed by atoms with Crippen molar-refractivity contribution < 1.29 is 4.79 Å². The Morgan fingerprint density at radius 2 is 2.40 bits per heavy atom. The van der Waals surface area contributed by atoms with Gasteiger partial charge in [-0.2, -0.15) is 0 Å². The van der Waals surface area contributed by atoms with Crippen molar-refractivity contribution in [3.8, 4) is 0 Å². The molecule has 0 saturated carbocycles. The van der Waals surface area contributed by atoms with Gasteiger partial charge >= 0.3 is 0 Å². The summed E-state index contributed by atoms with van der Waals surface area (Å²) in [5, 5.41) is 0. The Labute approximate surface area is 60.8 Å². The third-order valence-corrected chi connectivity index (χ3v) is 1.46. The first kappa shape index (κ1) is 7.06. The van der Waals surface area contributed by atoms with Gasteiger partial charge in [0.1, 0.15) is 0 Å². The van der Waals surface area contributed by atoms with Crippen LogP contribution in [0.3, 0.4) is 0 Å². The van der Waals surface area contributed by atoms with Crippen LogP contribution < -0.4 is 0 Å². The van der Waals surface area contributed by atoms with Crippen molar-refractivity contribution in [1.82, 2.24) is 4.90 Å². The van der Waals surface area contributed by atoms with Gasteiger partial charge in [-0.05, 0) is 6.92 Å². The van der Waals surface area contributed by atoms with E-state index in [4.69, 9.17) is 0 Å². The van der Waals surface area contributed by atoms with Gasteiger partial charge in [0.15, 0.2) is 5.78 Å². The number of hydrogen-bond acceptors (Lipinski definition) is 2. The third kappa shape index (κ3) is 1.47. The zero-order valence-corrected chi connectivity index (χ0v) is 6.29. The molecule has 0 aromatic heterocycles. The van der Waals surface area contributed by atoms with Crippen molar-refractivity contribution in [1.29, 1.82) is 0 Å². The van der Waals surface area contributed by atoms with Crippen molar-refractivity contribution >= 4 is 5.78 Å². The van der Waals surface area contributed by atoms with Gasteiger partial charge in [0.2, 0.25) is 0 Å². The Balaban J connectivity index is 2.76. The Morgan fingerprint density at radius 3 is 2.80 bits per heavy atom. The van der Waals surface area contributed by atoms with Gasteiger partial charge in [0.25, 0.3) is 0 Å². The number of nitrogens with zero attached hydrogens (tertiary/aromatic N) is 1. The average Bonchev–Trinajstić information content (AvgIpc) is 1.88. The van der Waals surface area contributed by atoms with Gasteiger partial charge in [0, 0.05) is 25.4 Å². The molecule has 10 heavy (non-hydrogen) atoms. The van der Waals surface area contributed by atoms with Gasteiger partial charge in [-0.15, -0.1) is 0 Å². The lowest BCUT2D eigenvalue weighted by molar-refractivity contribution is -0.113. The summed E-state index contributed by atoms with van der Waals surface area (Å²) in [7, 11) is 1.95. The van der Waals surface area contributed by atoms with Crippen molar-refractivity contribution in [2.75, 3.05) is 13.6 Å². The first-order valence-electron chi connectivity index (χ1n) is 3.29. The molecule has 1 aliphatic rings. The van der Waals surface area contributed by atoms with E-state index in [1.165, 1.54) is 0 Å². The van der Waals surface area contributed by atoms with Crippen molar-refractivity contribution in [2.45, 2.75) is 6.92 Å². The summed E-state index contributed by atoms with van der Waals surface area (Å²) >= 11 is 0. The number of carbonyl (C=O) groups excluding carboxylic acids is 1. The maximum atomic E-state index is 10.8. The molecule has 0 aromatic rings. The molecule has 0 atom stereocenters. The standard InChI is InChI=1S/C8H11NO/c1-7(10)8-4-3-5-9(2)6-8/h3-4,6H,5H2,1-2H3. The number of ketones is 1. The predicted molar refractivity (Wildman–Crippen MR) is 40.5 cm³/mol. The number of carbonyl (C=O) groups is 1. The molecule has 0 fully saturated rings. The molecule has 0 amide bonds. The van der Waals surface area contributed by atoms with Crippen LogP contribution >= 0.6 is 0 Å². The van der Waals surface area contributed by atoms with Gasteiger partial charge in [-0.25, -0.2) is 0 Å². The highest BCUT2D eigenvalue weighted by Gasteiger charge is 2.03. The number of Topliss-reactive ketones (excluding diaryl/α,β-unsaturated/α-hetero) is 1. The fourth-order valence-electron chi connectivity index (χ4n) is 0.887. The zero-order chi connectivity index (χ0) is 7.56. The van der Waals surface area contributed by atoms with E-state index >= 15 is 0 Å². The molecule has 0 bridgehead atoms. The monoisotopic (exact) mass is 137 g/mol. The van der Waals surface area contributed by atoms with E-state index in [0.717, 1.165) is 12.1 Å². The summed E-state index contributed by atoms with van der Waals surface area (Å²) in [4.78, 5) is 12.8. The van der Waals surface area contributed by atoms with E-state index in [-0.39, 0.29) is 5.78 Å². The minimum absolute atomic E-state index is 0.128. The third-order valence-electron chi connectivity index (χ3n) is 1.46. The van der Waals surface area contributed by atoms with Crippen molar-refractivity contribution in [3.63, 3.8) is 0 Å². The highest BCUT2D eigenvalue weighted by atomic mass is 16.1. The van der Waals surface area contributed by atoms with Gasteiger partial charge < -0.3 is 4.90 Å². The Morgan fingerprint density at radius 1 is 1.70 bits per heavy atom. The number of hydrogen-bond donors (Lipinski definition) is 0. The molecule has 1 rings (SSSR count). The largest absolute Gasteiger partial charge is 0.376 e. The van der Waals surface area contributed by atoms with E-state index in [1.807, 2.05) is 30.3 Å². The van der Waals surface area contributed by atoms with Crippen LogP contribution in [-0.4, -0.2) is 24.3 Å². The SMILES string of the molecule is CC(=O)C1=CN(C)CC=C1. The lowest BCUT2D eigenvalue weighted by Gasteiger charge is -2.15. The van der Waals surface area contributed by atoms with Gasteiger partial charge in [-0.1, -0.05) is 12.2 Å². The molecule has 0 unspecified atom stereocenters. The van der Waals surface area contributed by atoms with Gasteiger partial charge in [-0.3, -0.25) is 4.79 Å². The summed E-state index contributed by atoms with van der Waals surface area (Å²) in [6.07, 6.45) is 5.71. The lowest BCUT2D eigenvalue weighted by atomic mass is 10.1. The molecule has 0 N–H and O–H groups in total. The molecule has 54 valence electrons. The van der Waals surface area contributed by atoms with Crippen LogP contribution in [0.4, 0.5) is 0 Å². The average molecular weight is 137 g/mol. The van der Waals surface area contributed by atoms with Crippen LogP contribution in [0, 0.1) is 0 Å². The molecular weight excluding hydrogens is 126 g/mol. The zero-order valence-electron chi connectivity index (χ0n) is 6.29. The van der Waals surface area contributed by atoms with E-state index in [1.54, 1.807) is 6.92 Å². The Bertz CT molecular complexity index is 203. The van der Waals surface area contributed by atoms with Crippen molar-refractivity contribution in [2.24, 2.45) is 0 Å². The van der Waals surface area contributed by atoms with Crippen LogP contribution in [0.2, 0.25) is 0 Å². The fourth-order valence-corrected chi connectivity index (χ4v) is 0.887. The molecule has 0 aromatic carbocycles. The summed E-state index contributed by atoms with van der Waals surface area (Å²) in [5.74, 6) is 0.128. The summed E-state index contributed by atoms with van der Waals surface area (Å²) in [5.41, 5.74) is 0.786. The second-order valence-corrected chi connectivity index (χ2v) is 2.48. The molecule has 2 heteroatoms. The highest BCUT2D eigenvalue weighted by molar-refractivity contribution is 5.96. The van der Waals surface area contributed by atoms with E-state index in [9.17, 15) is 4.79 Å². The molecular formula is C8H11NO. The molecule has 1 heterocycles. The molecule has 0 aliphatic carbocycles. The van der Waals surface area contributed by atoms with Crippen LogP contribution in [-0.2, 0) is 4.79 Å². The van der Waals surface area contributed by atoms with Crippen molar-refractivity contribution in [3.05, 3.63) is 23.9 Å². The second-order valence-electron chi connectivity index (χ2n) is 2.48. The normalized spacial score (nSPS) is 17.0. The van der Waals surface area contributed by atoms with Crippen LogP contribution in [0.25, 0.3) is 0 Å². The topological polar surface area (TPSA) is 20.3 Å². The van der Waals surface area contributed by atoms with E-state index in [2.05, 4.69) is 0 Å². The smallest absolute Gasteiger partial charge is 0.161 e. The first-order chi connectivity index (χ1) is 4.70. The molecule has 0 saturated heterocycles. The summed E-state index contributed by atoms with van der Waals surface area (Å²) in [6, 6.07) is 0. The van der Waals surface area contributed by atoms with Crippen LogP contribution in [0.5, 0.6) is 0 Å². The van der Waals surface area contributed by atoms with E-state index < -0.39 is 0 Å². The number of likely N-dealkylation sites (N-methyl/N-ethyl adjacent to an activating group) is 1. The maximum absolute atomic E-state index is 10.8. The van der Waals surface area contributed by atoms with Crippen LogP contribution in [0.1, 0.15) is 6.92 Å². The minimum Gasteiger partial charge on any atom is -0.376 e. The number of rotatable bonds is 1. The fraction of sp³-hybridized carbons (Fsp3) is 0.375. The van der Waals surface area contributed by atoms with Crippen LogP contribution in [0.15, 0.2) is 23.9 Å². The van der Waals surface area contributed by atoms with Gasteiger partial charge in [0.05, 0.1) is 0 Å². The second kappa shape index (κ2) is 2.69.